The molecule has 0 aromatic carbocycles. The SMILES string of the molecule is O=C(CC1(C(=O)O)CCCCC1)NC1CCCC1. The molecule has 2 fully saturated rings. The summed E-state index contributed by atoms with van der Waals surface area (Å²) in [6, 6.07) is 0.284. The first-order valence-corrected chi connectivity index (χ1v) is 7.15. The highest BCUT2D eigenvalue weighted by molar-refractivity contribution is 5.85. The van der Waals surface area contributed by atoms with Crippen LogP contribution >= 0.6 is 0 Å². The number of hydrogen-bond donors (Lipinski definition) is 2. The molecule has 0 atom stereocenters. The van der Waals surface area contributed by atoms with Crippen molar-refractivity contribution in [1.82, 2.24) is 5.32 Å². The molecule has 18 heavy (non-hydrogen) atoms. The highest BCUT2D eigenvalue weighted by atomic mass is 16.4. The van der Waals surface area contributed by atoms with Gasteiger partial charge >= 0.3 is 5.97 Å². The molecule has 2 rings (SSSR count). The summed E-state index contributed by atoms with van der Waals surface area (Å²) in [6.07, 6.45) is 8.88. The van der Waals surface area contributed by atoms with E-state index in [-0.39, 0.29) is 18.4 Å². The molecule has 0 heterocycles. The molecule has 0 saturated heterocycles. The summed E-state index contributed by atoms with van der Waals surface area (Å²) < 4.78 is 0. The van der Waals surface area contributed by atoms with Crippen molar-refractivity contribution in [3.05, 3.63) is 0 Å². The van der Waals surface area contributed by atoms with E-state index in [4.69, 9.17) is 0 Å². The lowest BCUT2D eigenvalue weighted by Crippen LogP contribution is -2.41. The van der Waals surface area contributed by atoms with Gasteiger partial charge in [-0.05, 0) is 25.7 Å². The van der Waals surface area contributed by atoms with Gasteiger partial charge in [0.15, 0.2) is 0 Å². The van der Waals surface area contributed by atoms with E-state index in [9.17, 15) is 14.7 Å². The Balaban J connectivity index is 1.91. The highest BCUT2D eigenvalue weighted by Gasteiger charge is 2.41. The van der Waals surface area contributed by atoms with Crippen LogP contribution in [0.4, 0.5) is 0 Å². The number of carbonyl (C=O) groups excluding carboxylic acids is 1. The lowest BCUT2D eigenvalue weighted by atomic mass is 9.71. The van der Waals surface area contributed by atoms with E-state index in [1.165, 1.54) is 12.8 Å². The maximum absolute atomic E-state index is 12.0. The summed E-state index contributed by atoms with van der Waals surface area (Å²) in [4.78, 5) is 23.5. The molecule has 0 aliphatic heterocycles. The van der Waals surface area contributed by atoms with Gasteiger partial charge in [0, 0.05) is 12.5 Å². The average molecular weight is 253 g/mol. The number of carboxylic acid groups (broad SMARTS) is 1. The van der Waals surface area contributed by atoms with Crippen LogP contribution in [0, 0.1) is 5.41 Å². The summed E-state index contributed by atoms with van der Waals surface area (Å²) in [5, 5.41) is 12.4. The van der Waals surface area contributed by atoms with E-state index in [0.717, 1.165) is 32.1 Å². The van der Waals surface area contributed by atoms with Crippen LogP contribution in [0.1, 0.15) is 64.2 Å². The van der Waals surface area contributed by atoms with E-state index >= 15 is 0 Å². The summed E-state index contributed by atoms with van der Waals surface area (Å²) in [7, 11) is 0. The number of rotatable bonds is 4. The van der Waals surface area contributed by atoms with E-state index in [1.54, 1.807) is 0 Å². The van der Waals surface area contributed by atoms with Crippen LogP contribution in [0.3, 0.4) is 0 Å². The quantitative estimate of drug-likeness (QED) is 0.808. The second kappa shape index (κ2) is 5.72. The predicted octanol–water partition coefficient (Wildman–Crippen LogP) is 2.47. The number of aliphatic carboxylic acids is 1. The Kier molecular flexibility index (Phi) is 4.25. The van der Waals surface area contributed by atoms with Crippen LogP contribution in [-0.2, 0) is 9.59 Å². The minimum atomic E-state index is -0.791. The fourth-order valence-electron chi connectivity index (χ4n) is 3.35. The van der Waals surface area contributed by atoms with Crippen molar-refractivity contribution in [1.29, 1.82) is 0 Å². The maximum Gasteiger partial charge on any atom is 0.310 e. The fraction of sp³-hybridized carbons (Fsp3) is 0.857. The van der Waals surface area contributed by atoms with Gasteiger partial charge in [-0.25, -0.2) is 0 Å². The number of carbonyl (C=O) groups is 2. The van der Waals surface area contributed by atoms with E-state index < -0.39 is 11.4 Å². The predicted molar refractivity (Wildman–Crippen MR) is 68.2 cm³/mol. The molecule has 4 heteroatoms. The zero-order chi connectivity index (χ0) is 13.0. The van der Waals surface area contributed by atoms with Gasteiger partial charge in [0.05, 0.1) is 5.41 Å². The lowest BCUT2D eigenvalue weighted by molar-refractivity contribution is -0.154. The Hall–Kier alpha value is -1.06. The largest absolute Gasteiger partial charge is 0.481 e. The third-order valence-electron chi connectivity index (χ3n) is 4.48. The van der Waals surface area contributed by atoms with Gasteiger partial charge in [-0.3, -0.25) is 9.59 Å². The molecule has 102 valence electrons. The second-order valence-corrected chi connectivity index (χ2v) is 5.87. The third-order valence-corrected chi connectivity index (χ3v) is 4.48. The van der Waals surface area contributed by atoms with E-state index in [2.05, 4.69) is 5.32 Å². The first kappa shape index (κ1) is 13.4. The van der Waals surface area contributed by atoms with Crippen LogP contribution in [0.5, 0.6) is 0 Å². The second-order valence-electron chi connectivity index (χ2n) is 5.87. The van der Waals surface area contributed by atoms with Gasteiger partial charge in [-0.1, -0.05) is 32.1 Å². The van der Waals surface area contributed by atoms with Crippen molar-refractivity contribution >= 4 is 11.9 Å². The molecule has 0 spiro atoms. The molecular formula is C14H23NO3. The van der Waals surface area contributed by atoms with Gasteiger partial charge in [-0.15, -0.1) is 0 Å². The van der Waals surface area contributed by atoms with E-state index in [0.29, 0.717) is 12.8 Å². The Morgan fingerprint density at radius 1 is 1.06 bits per heavy atom. The summed E-state index contributed by atoms with van der Waals surface area (Å²) in [5.74, 6) is -0.852. The minimum absolute atomic E-state index is 0.0637. The maximum atomic E-state index is 12.0. The van der Waals surface area contributed by atoms with Gasteiger partial charge in [-0.2, -0.15) is 0 Å². The third kappa shape index (κ3) is 3.03. The van der Waals surface area contributed by atoms with Gasteiger partial charge in [0.25, 0.3) is 0 Å². The Bertz CT molecular complexity index is 315. The van der Waals surface area contributed by atoms with Gasteiger partial charge < -0.3 is 10.4 Å². The van der Waals surface area contributed by atoms with Crippen molar-refractivity contribution < 1.29 is 14.7 Å². The van der Waals surface area contributed by atoms with Crippen LogP contribution in [0.15, 0.2) is 0 Å². The standard InChI is InChI=1S/C14H23NO3/c16-12(15-11-6-2-3-7-11)10-14(13(17)18)8-4-1-5-9-14/h11H,1-10H2,(H,15,16)(H,17,18). The van der Waals surface area contributed by atoms with Crippen LogP contribution in [0.2, 0.25) is 0 Å². The summed E-state index contributed by atoms with van der Waals surface area (Å²) in [5.41, 5.74) is -0.791. The first-order valence-electron chi connectivity index (χ1n) is 7.15. The first-order chi connectivity index (χ1) is 8.62. The molecule has 2 N–H and O–H groups in total. The van der Waals surface area contributed by atoms with E-state index in [1.807, 2.05) is 0 Å². The Morgan fingerprint density at radius 3 is 2.22 bits per heavy atom. The van der Waals surface area contributed by atoms with Crippen LogP contribution in [0.25, 0.3) is 0 Å². The molecule has 2 aliphatic carbocycles. The Labute approximate surface area is 108 Å². The number of amides is 1. The van der Waals surface area contributed by atoms with Crippen molar-refractivity contribution in [2.75, 3.05) is 0 Å². The molecule has 0 unspecified atom stereocenters. The van der Waals surface area contributed by atoms with Crippen LogP contribution in [-0.4, -0.2) is 23.0 Å². The summed E-state index contributed by atoms with van der Waals surface area (Å²) >= 11 is 0. The zero-order valence-electron chi connectivity index (χ0n) is 10.9. The highest BCUT2D eigenvalue weighted by Crippen LogP contribution is 2.39. The molecule has 1 amide bonds. The fourth-order valence-corrected chi connectivity index (χ4v) is 3.35. The molecule has 0 bridgehead atoms. The number of carboxylic acids is 1. The molecular weight excluding hydrogens is 230 g/mol. The van der Waals surface area contributed by atoms with Gasteiger partial charge in [0.2, 0.25) is 5.91 Å². The van der Waals surface area contributed by atoms with Crippen molar-refractivity contribution in [3.63, 3.8) is 0 Å². The number of hydrogen-bond acceptors (Lipinski definition) is 2. The molecule has 4 nitrogen and oxygen atoms in total. The average Bonchev–Trinajstić information content (AvgIpc) is 2.82. The number of nitrogens with one attached hydrogen (secondary N) is 1. The summed E-state index contributed by atoms with van der Waals surface area (Å²) in [6.45, 7) is 0. The topological polar surface area (TPSA) is 66.4 Å². The molecule has 2 aliphatic rings. The molecule has 0 aromatic heterocycles. The smallest absolute Gasteiger partial charge is 0.310 e. The Morgan fingerprint density at radius 2 is 1.67 bits per heavy atom. The van der Waals surface area contributed by atoms with Crippen molar-refractivity contribution in [2.24, 2.45) is 5.41 Å². The molecule has 0 aromatic rings. The zero-order valence-corrected chi connectivity index (χ0v) is 10.9. The monoisotopic (exact) mass is 253 g/mol. The molecule has 0 radical (unpaired) electrons. The van der Waals surface area contributed by atoms with Crippen molar-refractivity contribution in [3.8, 4) is 0 Å². The molecule has 2 saturated carbocycles. The van der Waals surface area contributed by atoms with Crippen LogP contribution < -0.4 is 5.32 Å². The lowest BCUT2D eigenvalue weighted by Gasteiger charge is -2.32. The van der Waals surface area contributed by atoms with Gasteiger partial charge in [0.1, 0.15) is 0 Å². The minimum Gasteiger partial charge on any atom is -0.481 e. The normalized spacial score (nSPS) is 23.8. The van der Waals surface area contributed by atoms with Crippen molar-refractivity contribution in [2.45, 2.75) is 70.3 Å².